The highest BCUT2D eigenvalue weighted by atomic mass is 79.9. The van der Waals surface area contributed by atoms with E-state index in [1.165, 1.54) is 6.26 Å². The van der Waals surface area contributed by atoms with Crippen molar-refractivity contribution in [1.82, 2.24) is 0 Å². The van der Waals surface area contributed by atoms with Gasteiger partial charge in [0.2, 0.25) is 5.91 Å². The molecule has 0 aliphatic heterocycles. The van der Waals surface area contributed by atoms with Gasteiger partial charge in [-0.1, -0.05) is 35.8 Å². The number of sulfone groups is 1. The Morgan fingerprint density at radius 2 is 1.76 bits per heavy atom. The van der Waals surface area contributed by atoms with Crippen molar-refractivity contribution in [3.8, 4) is 0 Å². The molecule has 2 rings (SSSR count). The maximum absolute atomic E-state index is 12.1. The van der Waals surface area contributed by atoms with Gasteiger partial charge in [0.25, 0.3) is 0 Å². The maximum atomic E-state index is 12.1. The molecule has 0 heterocycles. The van der Waals surface area contributed by atoms with Crippen molar-refractivity contribution in [2.24, 2.45) is 0 Å². The van der Waals surface area contributed by atoms with Gasteiger partial charge in [0.05, 0.1) is 17.1 Å². The van der Waals surface area contributed by atoms with Crippen molar-refractivity contribution in [3.05, 3.63) is 52.5 Å². The summed E-state index contributed by atoms with van der Waals surface area (Å²) in [6, 6.07) is 12.5. The minimum Gasteiger partial charge on any atom is -0.375 e. The zero-order valence-electron chi connectivity index (χ0n) is 14.3. The number of anilines is 2. The van der Waals surface area contributed by atoms with Gasteiger partial charge in [-0.25, -0.2) is 8.42 Å². The van der Waals surface area contributed by atoms with Crippen LogP contribution in [0.15, 0.2) is 51.8 Å². The van der Waals surface area contributed by atoms with E-state index in [9.17, 15) is 13.2 Å². The Labute approximate surface area is 156 Å². The predicted octanol–water partition coefficient (Wildman–Crippen LogP) is 4.03. The Balaban J connectivity index is 2.11. The van der Waals surface area contributed by atoms with Crippen LogP contribution in [0.25, 0.3) is 0 Å². The van der Waals surface area contributed by atoms with E-state index in [4.69, 9.17) is 0 Å². The molecule has 2 aromatic rings. The number of rotatable bonds is 6. The monoisotopic (exact) mass is 424 g/mol. The van der Waals surface area contributed by atoms with Crippen molar-refractivity contribution >= 4 is 43.0 Å². The highest BCUT2D eigenvalue weighted by molar-refractivity contribution is 9.10. The van der Waals surface area contributed by atoms with Crippen LogP contribution in [0.1, 0.15) is 25.3 Å². The van der Waals surface area contributed by atoms with Crippen LogP contribution in [-0.2, 0) is 14.6 Å². The van der Waals surface area contributed by atoms with E-state index in [1.807, 2.05) is 32.0 Å². The first-order valence-corrected chi connectivity index (χ1v) is 10.5. The molecule has 5 nitrogen and oxygen atoms in total. The second kappa shape index (κ2) is 8.01. The number of nitrogens with one attached hydrogen (secondary N) is 2. The third kappa shape index (κ3) is 5.57. The number of hydrogen-bond donors (Lipinski definition) is 2. The topological polar surface area (TPSA) is 75.3 Å². The molecule has 1 amide bonds. The van der Waals surface area contributed by atoms with Crippen LogP contribution in [0.3, 0.4) is 0 Å². The molecule has 0 radical (unpaired) electrons. The van der Waals surface area contributed by atoms with E-state index in [1.54, 1.807) is 24.3 Å². The lowest BCUT2D eigenvalue weighted by Crippen LogP contribution is -2.22. The number of amides is 1. The van der Waals surface area contributed by atoms with Crippen LogP contribution < -0.4 is 10.6 Å². The third-order valence-electron chi connectivity index (χ3n) is 3.64. The lowest BCUT2D eigenvalue weighted by Gasteiger charge is -2.14. The van der Waals surface area contributed by atoms with Gasteiger partial charge < -0.3 is 10.6 Å². The standard InChI is InChI=1S/C18H21BrN2O3S/c1-12(2)13-4-9-16(17(10-13)25(3,23)24)20-11-18(22)21-15-7-5-14(19)6-8-15/h4-10,12,20H,11H2,1-3H3,(H,21,22). The molecule has 0 aromatic heterocycles. The molecule has 2 N–H and O–H groups in total. The summed E-state index contributed by atoms with van der Waals surface area (Å²) in [7, 11) is -3.40. The molecule has 7 heteroatoms. The summed E-state index contributed by atoms with van der Waals surface area (Å²) in [4.78, 5) is 12.3. The van der Waals surface area contributed by atoms with E-state index >= 15 is 0 Å². The minimum atomic E-state index is -3.40. The number of carbonyl (C=O) groups is 1. The van der Waals surface area contributed by atoms with Crippen LogP contribution in [-0.4, -0.2) is 27.1 Å². The van der Waals surface area contributed by atoms with Crippen LogP contribution in [0.2, 0.25) is 0 Å². The zero-order chi connectivity index (χ0) is 18.6. The number of halogens is 1. The first-order chi connectivity index (χ1) is 11.7. The number of carbonyl (C=O) groups excluding carboxylic acids is 1. The zero-order valence-corrected chi connectivity index (χ0v) is 16.7. The maximum Gasteiger partial charge on any atom is 0.243 e. The van der Waals surface area contributed by atoms with E-state index < -0.39 is 9.84 Å². The summed E-state index contributed by atoms with van der Waals surface area (Å²) in [5.74, 6) is -0.0371. The summed E-state index contributed by atoms with van der Waals surface area (Å²) in [6.45, 7) is 3.97. The molecule has 134 valence electrons. The minimum absolute atomic E-state index is 0.0282. The number of hydrogen-bond acceptors (Lipinski definition) is 4. The molecule has 2 aromatic carbocycles. The Morgan fingerprint density at radius 3 is 2.32 bits per heavy atom. The summed E-state index contributed by atoms with van der Waals surface area (Å²) < 4.78 is 25.0. The molecule has 0 unspecified atom stereocenters. The second-order valence-corrected chi connectivity index (χ2v) is 8.99. The van der Waals surface area contributed by atoms with Gasteiger partial charge in [0.1, 0.15) is 0 Å². The summed E-state index contributed by atoms with van der Waals surface area (Å²) in [5.41, 5.74) is 2.04. The Bertz CT molecular complexity index is 862. The van der Waals surface area contributed by atoms with Gasteiger partial charge in [-0.2, -0.15) is 0 Å². The van der Waals surface area contributed by atoms with E-state index in [0.717, 1.165) is 10.0 Å². The summed E-state index contributed by atoms with van der Waals surface area (Å²) in [6.07, 6.45) is 1.17. The van der Waals surface area contributed by atoms with Crippen molar-refractivity contribution in [2.45, 2.75) is 24.7 Å². The second-order valence-electron chi connectivity index (χ2n) is 6.09. The molecule has 0 saturated carbocycles. The molecule has 25 heavy (non-hydrogen) atoms. The van der Waals surface area contributed by atoms with Crippen LogP contribution >= 0.6 is 15.9 Å². The number of benzene rings is 2. The van der Waals surface area contributed by atoms with Crippen LogP contribution in [0.5, 0.6) is 0 Å². The molecular weight excluding hydrogens is 404 g/mol. The first-order valence-electron chi connectivity index (χ1n) is 7.80. The summed E-state index contributed by atoms with van der Waals surface area (Å²) in [5, 5.41) is 5.67. The first kappa shape index (κ1) is 19.5. The fourth-order valence-corrected chi connectivity index (χ4v) is 3.42. The average Bonchev–Trinajstić information content (AvgIpc) is 2.54. The van der Waals surface area contributed by atoms with Gasteiger partial charge in [0, 0.05) is 16.4 Å². The van der Waals surface area contributed by atoms with Crippen molar-refractivity contribution in [3.63, 3.8) is 0 Å². The van der Waals surface area contributed by atoms with Gasteiger partial charge >= 0.3 is 0 Å². The molecule has 0 spiro atoms. The van der Waals surface area contributed by atoms with Crippen LogP contribution in [0, 0.1) is 0 Å². The van der Waals surface area contributed by atoms with Crippen molar-refractivity contribution < 1.29 is 13.2 Å². The molecule has 0 fully saturated rings. The predicted molar refractivity (Wildman–Crippen MR) is 105 cm³/mol. The lowest BCUT2D eigenvalue weighted by atomic mass is 10.0. The molecule has 0 aliphatic carbocycles. The van der Waals surface area contributed by atoms with E-state index in [2.05, 4.69) is 26.6 Å². The quantitative estimate of drug-likeness (QED) is 0.733. The normalized spacial score (nSPS) is 11.4. The Kier molecular flexibility index (Phi) is 6.24. The summed E-state index contributed by atoms with van der Waals surface area (Å²) >= 11 is 3.33. The highest BCUT2D eigenvalue weighted by Crippen LogP contribution is 2.26. The fraction of sp³-hybridized carbons (Fsp3) is 0.278. The van der Waals surface area contributed by atoms with E-state index in [-0.39, 0.29) is 23.3 Å². The van der Waals surface area contributed by atoms with E-state index in [0.29, 0.717) is 11.4 Å². The largest absolute Gasteiger partial charge is 0.375 e. The van der Waals surface area contributed by atoms with Crippen LogP contribution in [0.4, 0.5) is 11.4 Å². The Morgan fingerprint density at radius 1 is 1.12 bits per heavy atom. The molecule has 0 saturated heterocycles. The SMILES string of the molecule is CC(C)c1ccc(NCC(=O)Nc2ccc(Br)cc2)c(S(C)(=O)=O)c1. The van der Waals surface area contributed by atoms with Crippen molar-refractivity contribution in [2.75, 3.05) is 23.4 Å². The molecule has 0 atom stereocenters. The van der Waals surface area contributed by atoms with Gasteiger partial charge in [-0.05, 0) is 47.9 Å². The Hall–Kier alpha value is -1.86. The van der Waals surface area contributed by atoms with Gasteiger partial charge in [0.15, 0.2) is 9.84 Å². The van der Waals surface area contributed by atoms with Gasteiger partial charge in [-0.3, -0.25) is 4.79 Å². The molecule has 0 aliphatic rings. The average molecular weight is 425 g/mol. The molecular formula is C18H21BrN2O3S. The lowest BCUT2D eigenvalue weighted by molar-refractivity contribution is -0.114. The fourth-order valence-electron chi connectivity index (χ4n) is 2.26. The third-order valence-corrected chi connectivity index (χ3v) is 5.30. The van der Waals surface area contributed by atoms with Gasteiger partial charge in [-0.15, -0.1) is 0 Å². The molecule has 0 bridgehead atoms. The highest BCUT2D eigenvalue weighted by Gasteiger charge is 2.16. The van der Waals surface area contributed by atoms with Crippen molar-refractivity contribution in [1.29, 1.82) is 0 Å². The smallest absolute Gasteiger partial charge is 0.243 e.